The van der Waals surface area contributed by atoms with E-state index in [-0.39, 0.29) is 37.4 Å². The first-order chi connectivity index (χ1) is 16.9. The molecule has 2 aromatic carbocycles. The summed E-state index contributed by atoms with van der Waals surface area (Å²) in [6, 6.07) is 16.3. The maximum absolute atomic E-state index is 12.8. The van der Waals surface area contributed by atoms with Gasteiger partial charge >= 0.3 is 0 Å². The van der Waals surface area contributed by atoms with Crippen molar-refractivity contribution in [3.63, 3.8) is 0 Å². The summed E-state index contributed by atoms with van der Waals surface area (Å²) in [5.74, 6) is 0.189. The van der Waals surface area contributed by atoms with Crippen LogP contribution in [-0.4, -0.2) is 48.9 Å². The molecule has 0 aliphatic carbocycles. The van der Waals surface area contributed by atoms with Crippen LogP contribution in [0.15, 0.2) is 60.8 Å². The van der Waals surface area contributed by atoms with Crippen LogP contribution >= 0.6 is 0 Å². The van der Waals surface area contributed by atoms with Gasteiger partial charge in [0.1, 0.15) is 18.0 Å². The van der Waals surface area contributed by atoms with Gasteiger partial charge in [-0.15, -0.1) is 0 Å². The van der Waals surface area contributed by atoms with Crippen molar-refractivity contribution in [2.24, 2.45) is 0 Å². The molecule has 8 nitrogen and oxygen atoms in total. The zero-order chi connectivity index (χ0) is 24.8. The number of hydrogen-bond donors (Lipinski definition) is 1. The standard InChI is InChI=1S/C27H27N3O5/c1-18-6-7-19(2)25(13-18)34-16-23(31)20-8-9-24-22(14-20)30(27(33)17-35-24)15-26(32)29-12-10-21-5-3-4-11-28-21/h3-9,11,13-14H,10,12,15-17H2,1-2H3,(H,29,32). The number of amides is 2. The van der Waals surface area contributed by atoms with E-state index in [0.29, 0.717) is 35.7 Å². The van der Waals surface area contributed by atoms with Gasteiger partial charge in [-0.25, -0.2) is 0 Å². The molecule has 8 heteroatoms. The molecule has 0 spiro atoms. The van der Waals surface area contributed by atoms with Gasteiger partial charge in [-0.2, -0.15) is 0 Å². The molecule has 0 atom stereocenters. The second-order valence-corrected chi connectivity index (χ2v) is 8.35. The van der Waals surface area contributed by atoms with Crippen molar-refractivity contribution in [3.8, 4) is 11.5 Å². The van der Waals surface area contributed by atoms with Crippen LogP contribution in [0.25, 0.3) is 0 Å². The Morgan fingerprint density at radius 1 is 1.11 bits per heavy atom. The number of ether oxygens (including phenoxy) is 2. The molecule has 0 bridgehead atoms. The molecule has 0 fully saturated rings. The highest BCUT2D eigenvalue weighted by molar-refractivity contribution is 6.04. The Morgan fingerprint density at radius 2 is 1.97 bits per heavy atom. The number of benzene rings is 2. The quantitative estimate of drug-likeness (QED) is 0.480. The van der Waals surface area contributed by atoms with Gasteiger partial charge in [-0.05, 0) is 61.4 Å². The Labute approximate surface area is 203 Å². The van der Waals surface area contributed by atoms with E-state index in [0.717, 1.165) is 16.8 Å². The average molecular weight is 474 g/mol. The molecule has 0 saturated heterocycles. The number of ketones is 1. The first-order valence-electron chi connectivity index (χ1n) is 11.4. The second-order valence-electron chi connectivity index (χ2n) is 8.35. The zero-order valence-corrected chi connectivity index (χ0v) is 19.7. The van der Waals surface area contributed by atoms with Gasteiger partial charge in [0.15, 0.2) is 19.0 Å². The topological polar surface area (TPSA) is 97.8 Å². The maximum Gasteiger partial charge on any atom is 0.265 e. The molecule has 1 aromatic heterocycles. The minimum Gasteiger partial charge on any atom is -0.485 e. The highest BCUT2D eigenvalue weighted by atomic mass is 16.5. The molecule has 0 radical (unpaired) electrons. The summed E-state index contributed by atoms with van der Waals surface area (Å²) >= 11 is 0. The van der Waals surface area contributed by atoms with Crippen molar-refractivity contribution in [2.75, 3.05) is 31.2 Å². The van der Waals surface area contributed by atoms with E-state index in [2.05, 4.69) is 10.3 Å². The summed E-state index contributed by atoms with van der Waals surface area (Å²) in [6.07, 6.45) is 2.28. The van der Waals surface area contributed by atoms with E-state index in [1.165, 1.54) is 4.90 Å². The number of hydrogen-bond acceptors (Lipinski definition) is 6. The largest absolute Gasteiger partial charge is 0.485 e. The molecular formula is C27H27N3O5. The fourth-order valence-corrected chi connectivity index (χ4v) is 3.71. The molecule has 35 heavy (non-hydrogen) atoms. The lowest BCUT2D eigenvalue weighted by molar-refractivity contribution is -0.125. The second kappa shape index (κ2) is 10.8. The van der Waals surface area contributed by atoms with Crippen LogP contribution < -0.4 is 19.7 Å². The summed E-state index contributed by atoms with van der Waals surface area (Å²) in [5.41, 5.74) is 3.60. The van der Waals surface area contributed by atoms with Crippen molar-refractivity contribution >= 4 is 23.3 Å². The SMILES string of the molecule is Cc1ccc(C)c(OCC(=O)c2ccc3c(c2)N(CC(=O)NCCc2ccccn2)C(=O)CO3)c1. The van der Waals surface area contributed by atoms with Crippen molar-refractivity contribution in [1.29, 1.82) is 0 Å². The predicted octanol–water partition coefficient (Wildman–Crippen LogP) is 3.04. The lowest BCUT2D eigenvalue weighted by Crippen LogP contribution is -2.45. The number of rotatable bonds is 9. The van der Waals surface area contributed by atoms with E-state index in [4.69, 9.17) is 9.47 Å². The third-order valence-electron chi connectivity index (χ3n) is 5.66. The van der Waals surface area contributed by atoms with Crippen LogP contribution in [0.1, 0.15) is 27.2 Å². The third-order valence-corrected chi connectivity index (χ3v) is 5.66. The van der Waals surface area contributed by atoms with Crippen LogP contribution in [-0.2, 0) is 16.0 Å². The Kier molecular flexibility index (Phi) is 7.40. The van der Waals surface area contributed by atoms with Gasteiger partial charge in [0, 0.05) is 30.4 Å². The number of carbonyl (C=O) groups excluding carboxylic acids is 3. The number of pyridine rings is 1. The smallest absolute Gasteiger partial charge is 0.265 e. The highest BCUT2D eigenvalue weighted by Gasteiger charge is 2.28. The molecule has 180 valence electrons. The fraction of sp³-hybridized carbons (Fsp3) is 0.259. The number of Topliss-reactive ketones (excluding diaryl/α,β-unsaturated/α-hetero) is 1. The monoisotopic (exact) mass is 473 g/mol. The van der Waals surface area contributed by atoms with Gasteiger partial charge in [0.2, 0.25) is 5.91 Å². The van der Waals surface area contributed by atoms with Gasteiger partial charge in [0.25, 0.3) is 5.91 Å². The number of anilines is 1. The highest BCUT2D eigenvalue weighted by Crippen LogP contribution is 2.33. The average Bonchev–Trinajstić information content (AvgIpc) is 2.86. The fourth-order valence-electron chi connectivity index (χ4n) is 3.71. The van der Waals surface area contributed by atoms with Crippen molar-refractivity contribution in [3.05, 3.63) is 83.2 Å². The van der Waals surface area contributed by atoms with E-state index in [1.54, 1.807) is 24.4 Å². The minimum atomic E-state index is -0.353. The molecule has 2 amide bonds. The number of aromatic nitrogens is 1. The number of aryl methyl sites for hydroxylation is 2. The molecule has 1 N–H and O–H groups in total. The zero-order valence-electron chi connectivity index (χ0n) is 19.7. The van der Waals surface area contributed by atoms with Crippen LogP contribution in [0.4, 0.5) is 5.69 Å². The lowest BCUT2D eigenvalue weighted by atomic mass is 10.1. The van der Waals surface area contributed by atoms with Crippen molar-refractivity contribution < 1.29 is 23.9 Å². The third kappa shape index (κ3) is 6.03. The Balaban J connectivity index is 1.41. The summed E-state index contributed by atoms with van der Waals surface area (Å²) < 4.78 is 11.2. The Morgan fingerprint density at radius 3 is 2.77 bits per heavy atom. The summed E-state index contributed by atoms with van der Waals surface area (Å²) in [6.45, 7) is 3.78. The van der Waals surface area contributed by atoms with Crippen LogP contribution in [0.5, 0.6) is 11.5 Å². The van der Waals surface area contributed by atoms with Gasteiger partial charge in [-0.3, -0.25) is 24.3 Å². The summed E-state index contributed by atoms with van der Waals surface area (Å²) in [4.78, 5) is 43.5. The summed E-state index contributed by atoms with van der Waals surface area (Å²) in [7, 11) is 0. The van der Waals surface area contributed by atoms with E-state index in [1.807, 2.05) is 50.2 Å². The van der Waals surface area contributed by atoms with Gasteiger partial charge in [-0.1, -0.05) is 18.2 Å². The van der Waals surface area contributed by atoms with E-state index in [9.17, 15) is 14.4 Å². The van der Waals surface area contributed by atoms with E-state index < -0.39 is 0 Å². The molecule has 0 saturated carbocycles. The lowest BCUT2D eigenvalue weighted by Gasteiger charge is -2.29. The Hall–Kier alpha value is -4.20. The Bertz CT molecular complexity index is 1240. The molecule has 1 aliphatic rings. The number of nitrogens with one attached hydrogen (secondary N) is 1. The number of fused-ring (bicyclic) bond motifs is 1. The van der Waals surface area contributed by atoms with Crippen LogP contribution in [0.3, 0.4) is 0 Å². The van der Waals surface area contributed by atoms with E-state index >= 15 is 0 Å². The molecule has 1 aliphatic heterocycles. The number of carbonyl (C=O) groups is 3. The normalized spacial score (nSPS) is 12.5. The predicted molar refractivity (Wildman–Crippen MR) is 131 cm³/mol. The maximum atomic E-state index is 12.8. The molecule has 0 unspecified atom stereocenters. The molecular weight excluding hydrogens is 446 g/mol. The van der Waals surface area contributed by atoms with Crippen LogP contribution in [0, 0.1) is 13.8 Å². The van der Waals surface area contributed by atoms with Crippen LogP contribution in [0.2, 0.25) is 0 Å². The van der Waals surface area contributed by atoms with Crippen molar-refractivity contribution in [1.82, 2.24) is 10.3 Å². The van der Waals surface area contributed by atoms with Gasteiger partial charge < -0.3 is 14.8 Å². The molecule has 2 heterocycles. The minimum absolute atomic E-state index is 0.147. The first-order valence-corrected chi connectivity index (χ1v) is 11.4. The first kappa shape index (κ1) is 23.9. The summed E-state index contributed by atoms with van der Waals surface area (Å²) in [5, 5.41) is 2.81. The molecule has 3 aromatic rings. The van der Waals surface area contributed by atoms with Gasteiger partial charge in [0.05, 0.1) is 5.69 Å². The van der Waals surface area contributed by atoms with Crippen molar-refractivity contribution in [2.45, 2.75) is 20.3 Å². The number of nitrogens with zero attached hydrogens (tertiary/aromatic N) is 2. The molecule has 4 rings (SSSR count).